The molecule has 0 aromatic rings. The Morgan fingerprint density at radius 1 is 1.18 bits per heavy atom. The van der Waals surface area contributed by atoms with Crippen molar-refractivity contribution in [2.45, 2.75) is 65.8 Å². The molecule has 0 aromatic heterocycles. The van der Waals surface area contributed by atoms with Gasteiger partial charge in [-0.25, -0.2) is 0 Å². The monoisotopic (exact) mass is 240 g/mol. The largest absolute Gasteiger partial charge is 0.315 e. The summed E-state index contributed by atoms with van der Waals surface area (Å²) >= 11 is 0. The second kappa shape index (κ2) is 7.38. The molecule has 1 atom stereocenters. The van der Waals surface area contributed by atoms with E-state index in [-0.39, 0.29) is 0 Å². The summed E-state index contributed by atoms with van der Waals surface area (Å²) in [4.78, 5) is 2.73. The fourth-order valence-electron chi connectivity index (χ4n) is 3.09. The average molecular weight is 240 g/mol. The molecule has 1 rings (SSSR count). The molecule has 1 N–H and O–H groups in total. The van der Waals surface area contributed by atoms with E-state index in [1.165, 1.54) is 51.7 Å². The minimum atomic E-state index is 0.623. The van der Waals surface area contributed by atoms with E-state index in [1.807, 2.05) is 0 Å². The number of hydrogen-bond acceptors (Lipinski definition) is 2. The minimum Gasteiger partial charge on any atom is -0.315 e. The van der Waals surface area contributed by atoms with Crippen LogP contribution in [0.4, 0.5) is 0 Å². The van der Waals surface area contributed by atoms with Gasteiger partial charge in [-0.2, -0.15) is 0 Å². The van der Waals surface area contributed by atoms with Gasteiger partial charge in [-0.15, -0.1) is 0 Å². The van der Waals surface area contributed by atoms with E-state index in [1.54, 1.807) is 0 Å². The molecule has 17 heavy (non-hydrogen) atoms. The number of nitrogens with zero attached hydrogens (tertiary/aromatic N) is 1. The maximum atomic E-state index is 3.58. The van der Waals surface area contributed by atoms with Crippen LogP contribution in [0.5, 0.6) is 0 Å². The van der Waals surface area contributed by atoms with Crippen LogP contribution in [0.3, 0.4) is 0 Å². The van der Waals surface area contributed by atoms with E-state index in [9.17, 15) is 0 Å². The van der Waals surface area contributed by atoms with Crippen LogP contribution in [0.1, 0.15) is 59.8 Å². The van der Waals surface area contributed by atoms with Crippen molar-refractivity contribution >= 4 is 0 Å². The molecule has 1 aliphatic heterocycles. The van der Waals surface area contributed by atoms with Crippen molar-refractivity contribution in [3.63, 3.8) is 0 Å². The maximum absolute atomic E-state index is 3.58. The van der Waals surface area contributed by atoms with Gasteiger partial charge in [0.15, 0.2) is 0 Å². The third-order valence-electron chi connectivity index (χ3n) is 4.76. The molecule has 0 radical (unpaired) electrons. The summed E-state index contributed by atoms with van der Waals surface area (Å²) in [5.41, 5.74) is 0.623. The van der Waals surface area contributed by atoms with Crippen molar-refractivity contribution in [3.8, 4) is 0 Å². The first-order valence-corrected chi connectivity index (χ1v) is 7.66. The number of likely N-dealkylation sites (tertiary alicyclic amines) is 1. The maximum Gasteiger partial charge on any atom is 0.0218 e. The molecule has 102 valence electrons. The lowest BCUT2D eigenvalue weighted by atomic mass is 9.82. The van der Waals surface area contributed by atoms with E-state index in [0.717, 1.165) is 12.6 Å². The lowest BCUT2D eigenvalue weighted by Gasteiger charge is -2.31. The normalized spacial score (nSPS) is 21.9. The van der Waals surface area contributed by atoms with Crippen LogP contribution in [0.25, 0.3) is 0 Å². The van der Waals surface area contributed by atoms with Gasteiger partial charge in [-0.3, -0.25) is 4.90 Å². The molecule has 1 unspecified atom stereocenters. The van der Waals surface area contributed by atoms with Crippen molar-refractivity contribution in [2.75, 3.05) is 26.2 Å². The van der Waals surface area contributed by atoms with Crippen molar-refractivity contribution in [1.29, 1.82) is 0 Å². The van der Waals surface area contributed by atoms with Crippen LogP contribution in [0, 0.1) is 5.41 Å². The fraction of sp³-hybridized carbons (Fsp3) is 1.00. The van der Waals surface area contributed by atoms with Crippen LogP contribution in [-0.2, 0) is 0 Å². The summed E-state index contributed by atoms with van der Waals surface area (Å²) < 4.78 is 0. The molecule has 0 spiro atoms. The highest BCUT2D eigenvalue weighted by atomic mass is 15.2. The molecule has 0 bridgehead atoms. The highest BCUT2D eigenvalue weighted by Gasteiger charge is 2.36. The van der Waals surface area contributed by atoms with Crippen molar-refractivity contribution in [1.82, 2.24) is 10.2 Å². The summed E-state index contributed by atoms with van der Waals surface area (Å²) in [5.74, 6) is 0. The SMILES string of the molecule is CCCNCC(CC)N1CCC(CC)(CC)C1. The number of nitrogens with one attached hydrogen (secondary N) is 1. The zero-order valence-electron chi connectivity index (χ0n) is 12.4. The Bertz CT molecular complexity index is 199. The van der Waals surface area contributed by atoms with Crippen LogP contribution in [0.15, 0.2) is 0 Å². The molecule has 1 saturated heterocycles. The predicted octanol–water partition coefficient (Wildman–Crippen LogP) is 3.28. The van der Waals surface area contributed by atoms with E-state index in [4.69, 9.17) is 0 Å². The zero-order valence-corrected chi connectivity index (χ0v) is 12.4. The third-order valence-corrected chi connectivity index (χ3v) is 4.76. The van der Waals surface area contributed by atoms with Gasteiger partial charge in [-0.05, 0) is 50.6 Å². The average Bonchev–Trinajstić information content (AvgIpc) is 2.80. The quantitative estimate of drug-likeness (QED) is 0.655. The summed E-state index contributed by atoms with van der Waals surface area (Å²) in [5, 5.41) is 3.58. The van der Waals surface area contributed by atoms with Crippen LogP contribution < -0.4 is 5.32 Å². The summed E-state index contributed by atoms with van der Waals surface area (Å²) in [7, 11) is 0. The standard InChI is InChI=1S/C15H32N2/c1-5-10-16-12-14(6-2)17-11-9-15(7-3,8-4)13-17/h14,16H,5-13H2,1-4H3. The minimum absolute atomic E-state index is 0.623. The summed E-state index contributed by atoms with van der Waals surface area (Å²) in [6, 6.07) is 0.751. The Balaban J connectivity index is 2.43. The summed E-state index contributed by atoms with van der Waals surface area (Å²) in [6.07, 6.45) is 6.62. The lowest BCUT2D eigenvalue weighted by molar-refractivity contribution is 0.186. The van der Waals surface area contributed by atoms with Gasteiger partial charge in [0.2, 0.25) is 0 Å². The molecule has 1 fully saturated rings. The second-order valence-corrected chi connectivity index (χ2v) is 5.69. The Morgan fingerprint density at radius 2 is 1.88 bits per heavy atom. The third kappa shape index (κ3) is 3.96. The second-order valence-electron chi connectivity index (χ2n) is 5.69. The Morgan fingerprint density at radius 3 is 2.35 bits per heavy atom. The van der Waals surface area contributed by atoms with Crippen molar-refractivity contribution in [2.24, 2.45) is 5.41 Å². The van der Waals surface area contributed by atoms with Crippen LogP contribution in [-0.4, -0.2) is 37.1 Å². The van der Waals surface area contributed by atoms with Crippen LogP contribution >= 0.6 is 0 Å². The van der Waals surface area contributed by atoms with Gasteiger partial charge in [0, 0.05) is 19.1 Å². The first kappa shape index (κ1) is 15.0. The molecular weight excluding hydrogens is 208 g/mol. The molecular formula is C15H32N2. The Hall–Kier alpha value is -0.0800. The van der Waals surface area contributed by atoms with E-state index < -0.39 is 0 Å². The van der Waals surface area contributed by atoms with Crippen molar-refractivity contribution in [3.05, 3.63) is 0 Å². The molecule has 2 heteroatoms. The highest BCUT2D eigenvalue weighted by Crippen LogP contribution is 2.37. The van der Waals surface area contributed by atoms with Gasteiger partial charge >= 0.3 is 0 Å². The van der Waals surface area contributed by atoms with Gasteiger partial charge in [0.25, 0.3) is 0 Å². The number of hydrogen-bond donors (Lipinski definition) is 1. The Labute approximate surface area is 108 Å². The van der Waals surface area contributed by atoms with E-state index in [2.05, 4.69) is 37.9 Å². The molecule has 0 aromatic carbocycles. The first-order chi connectivity index (χ1) is 8.21. The molecule has 2 nitrogen and oxygen atoms in total. The van der Waals surface area contributed by atoms with E-state index in [0.29, 0.717) is 5.41 Å². The highest BCUT2D eigenvalue weighted by molar-refractivity contribution is 4.91. The van der Waals surface area contributed by atoms with E-state index >= 15 is 0 Å². The lowest BCUT2D eigenvalue weighted by Crippen LogP contribution is -2.42. The van der Waals surface area contributed by atoms with Gasteiger partial charge in [0.05, 0.1) is 0 Å². The topological polar surface area (TPSA) is 15.3 Å². The Kier molecular flexibility index (Phi) is 6.50. The van der Waals surface area contributed by atoms with Gasteiger partial charge < -0.3 is 5.32 Å². The first-order valence-electron chi connectivity index (χ1n) is 7.66. The van der Waals surface area contributed by atoms with Gasteiger partial charge in [-0.1, -0.05) is 27.7 Å². The number of rotatable bonds is 8. The predicted molar refractivity (Wildman–Crippen MR) is 76.4 cm³/mol. The molecule has 1 heterocycles. The van der Waals surface area contributed by atoms with Crippen molar-refractivity contribution < 1.29 is 0 Å². The van der Waals surface area contributed by atoms with Gasteiger partial charge in [0.1, 0.15) is 0 Å². The smallest absolute Gasteiger partial charge is 0.0218 e. The molecule has 1 aliphatic rings. The molecule has 0 amide bonds. The molecule has 0 aliphatic carbocycles. The zero-order chi connectivity index (χ0) is 12.7. The fourth-order valence-corrected chi connectivity index (χ4v) is 3.09. The van der Waals surface area contributed by atoms with Crippen LogP contribution in [0.2, 0.25) is 0 Å². The summed E-state index contributed by atoms with van der Waals surface area (Å²) in [6.45, 7) is 14.3. The molecule has 0 saturated carbocycles.